The summed E-state index contributed by atoms with van der Waals surface area (Å²) in [5.74, 6) is 0. The molecule has 49 heavy (non-hydrogen) atoms. The number of thiophene rings is 1. The second-order valence-electron chi connectivity index (χ2n) is 12.5. The number of fused-ring (bicyclic) bond motifs is 8. The van der Waals surface area contributed by atoms with Crippen LogP contribution >= 0.6 is 11.3 Å². The van der Waals surface area contributed by atoms with Crippen molar-refractivity contribution in [3.05, 3.63) is 176 Å². The van der Waals surface area contributed by atoms with E-state index in [0.717, 1.165) is 50.0 Å². The van der Waals surface area contributed by atoms with Gasteiger partial charge in [0.25, 0.3) is 0 Å². The topological polar surface area (TPSA) is 16.4 Å². The third-order valence-corrected chi connectivity index (χ3v) is 10.8. The molecule has 0 aliphatic rings. The van der Waals surface area contributed by atoms with Crippen molar-refractivity contribution in [3.8, 4) is 22.3 Å². The fourth-order valence-electron chi connectivity index (χ4n) is 7.40. The Bertz CT molecular complexity index is 2830. The molecule has 0 saturated carbocycles. The summed E-state index contributed by atoms with van der Waals surface area (Å²) >= 11 is 1.85. The molecule has 0 aliphatic heterocycles. The van der Waals surface area contributed by atoms with Gasteiger partial charge >= 0.3 is 0 Å². The van der Waals surface area contributed by atoms with E-state index in [1.54, 1.807) is 0 Å². The number of para-hydroxylation sites is 1. The molecule has 2 aromatic heterocycles. The van der Waals surface area contributed by atoms with Gasteiger partial charge < -0.3 is 9.32 Å². The van der Waals surface area contributed by atoms with Gasteiger partial charge in [0, 0.05) is 53.3 Å². The molecular weight excluding hydrogens is 615 g/mol. The number of benzene rings is 8. The molecule has 2 heterocycles. The highest BCUT2D eigenvalue weighted by Crippen LogP contribution is 2.45. The molecule has 0 bridgehead atoms. The Morgan fingerprint density at radius 2 is 1.12 bits per heavy atom. The maximum atomic E-state index is 6.51. The maximum absolute atomic E-state index is 6.51. The van der Waals surface area contributed by atoms with E-state index < -0.39 is 0 Å². The standard InChI is InChI=1S/C46H29NOS/c1-2-11-30(12-3-1)35-14-6-8-18-41(35)47(34-26-28-44-40(29-34)38-16-7-9-20-43(38)49-44)33-24-21-32(22-25-33)36-17-10-19-42-45(36)39-27-23-31-13-4-5-15-37(31)46(39)48-42/h1-29H. The Morgan fingerprint density at radius 1 is 0.429 bits per heavy atom. The van der Waals surface area contributed by atoms with Crippen LogP contribution in [0.5, 0.6) is 0 Å². The first-order chi connectivity index (χ1) is 24.3. The molecule has 0 unspecified atom stereocenters. The summed E-state index contributed by atoms with van der Waals surface area (Å²) < 4.78 is 9.12. The van der Waals surface area contributed by atoms with Crippen LogP contribution in [0.4, 0.5) is 17.1 Å². The summed E-state index contributed by atoms with van der Waals surface area (Å²) in [6.07, 6.45) is 0. The van der Waals surface area contributed by atoms with Gasteiger partial charge in [-0.3, -0.25) is 0 Å². The van der Waals surface area contributed by atoms with E-state index in [4.69, 9.17) is 4.42 Å². The number of hydrogen-bond donors (Lipinski definition) is 0. The normalized spacial score (nSPS) is 11.7. The van der Waals surface area contributed by atoms with E-state index in [1.165, 1.54) is 42.2 Å². The molecule has 8 aromatic carbocycles. The van der Waals surface area contributed by atoms with Crippen LogP contribution in [0.3, 0.4) is 0 Å². The van der Waals surface area contributed by atoms with Crippen molar-refractivity contribution < 1.29 is 4.42 Å². The lowest BCUT2D eigenvalue weighted by Crippen LogP contribution is -2.11. The van der Waals surface area contributed by atoms with Gasteiger partial charge in [-0.2, -0.15) is 0 Å². The molecule has 0 amide bonds. The van der Waals surface area contributed by atoms with Crippen molar-refractivity contribution in [2.45, 2.75) is 0 Å². The van der Waals surface area contributed by atoms with Gasteiger partial charge in [-0.05, 0) is 76.7 Å². The van der Waals surface area contributed by atoms with E-state index in [0.29, 0.717) is 0 Å². The lowest BCUT2D eigenvalue weighted by molar-refractivity contribution is 0.673. The molecule has 10 rings (SSSR count). The molecule has 0 fully saturated rings. The van der Waals surface area contributed by atoms with Crippen molar-refractivity contribution in [3.63, 3.8) is 0 Å². The fraction of sp³-hybridized carbons (Fsp3) is 0. The Balaban J connectivity index is 1.15. The highest BCUT2D eigenvalue weighted by molar-refractivity contribution is 7.25. The number of rotatable bonds is 5. The minimum Gasteiger partial charge on any atom is -0.455 e. The van der Waals surface area contributed by atoms with E-state index in [-0.39, 0.29) is 0 Å². The molecule has 0 radical (unpaired) electrons. The van der Waals surface area contributed by atoms with Crippen molar-refractivity contribution in [1.82, 2.24) is 0 Å². The predicted octanol–water partition coefficient (Wildman–Crippen LogP) is 13.9. The summed E-state index contributed by atoms with van der Waals surface area (Å²) in [5.41, 5.74) is 9.90. The quantitative estimate of drug-likeness (QED) is 0.186. The number of hydrogen-bond acceptors (Lipinski definition) is 3. The fourth-order valence-corrected chi connectivity index (χ4v) is 8.48. The van der Waals surface area contributed by atoms with Crippen LogP contribution in [0.15, 0.2) is 180 Å². The van der Waals surface area contributed by atoms with Crippen LogP contribution in [0.25, 0.3) is 75.1 Å². The lowest BCUT2D eigenvalue weighted by atomic mass is 9.97. The van der Waals surface area contributed by atoms with Gasteiger partial charge in [0.15, 0.2) is 0 Å². The van der Waals surface area contributed by atoms with Crippen molar-refractivity contribution >= 4 is 81.3 Å². The molecule has 0 atom stereocenters. The molecule has 0 N–H and O–H groups in total. The third-order valence-electron chi connectivity index (χ3n) is 9.67. The summed E-state index contributed by atoms with van der Waals surface area (Å²) in [7, 11) is 0. The Kier molecular flexibility index (Phi) is 6.39. The Morgan fingerprint density at radius 3 is 2.02 bits per heavy atom. The van der Waals surface area contributed by atoms with E-state index in [1.807, 2.05) is 11.3 Å². The highest BCUT2D eigenvalue weighted by atomic mass is 32.1. The smallest absolute Gasteiger partial charge is 0.143 e. The predicted molar refractivity (Wildman–Crippen MR) is 210 cm³/mol. The Hall–Kier alpha value is -6.16. The van der Waals surface area contributed by atoms with Gasteiger partial charge in [-0.1, -0.05) is 121 Å². The minimum atomic E-state index is 0.905. The first-order valence-corrected chi connectivity index (χ1v) is 17.4. The van der Waals surface area contributed by atoms with Crippen LogP contribution in [0.2, 0.25) is 0 Å². The SMILES string of the molecule is c1ccc(-c2ccccc2N(c2ccc(-c3cccc4oc5c6ccccc6ccc5c34)cc2)c2ccc3sc4ccccc4c3c2)cc1. The number of furan rings is 1. The van der Waals surface area contributed by atoms with Crippen molar-refractivity contribution in [2.75, 3.05) is 4.90 Å². The van der Waals surface area contributed by atoms with Gasteiger partial charge in [-0.15, -0.1) is 11.3 Å². The van der Waals surface area contributed by atoms with Gasteiger partial charge in [0.05, 0.1) is 5.69 Å². The molecule has 10 aromatic rings. The van der Waals surface area contributed by atoms with Gasteiger partial charge in [0.2, 0.25) is 0 Å². The summed E-state index contributed by atoms with van der Waals surface area (Å²) in [4.78, 5) is 2.40. The first kappa shape index (κ1) is 27.9. The first-order valence-electron chi connectivity index (χ1n) is 16.6. The molecule has 0 aliphatic carbocycles. The highest BCUT2D eigenvalue weighted by Gasteiger charge is 2.20. The average molecular weight is 644 g/mol. The zero-order valence-corrected chi connectivity index (χ0v) is 27.3. The summed E-state index contributed by atoms with van der Waals surface area (Å²) in [6, 6.07) is 63.2. The molecule has 0 spiro atoms. The molecule has 0 saturated heterocycles. The summed E-state index contributed by atoms with van der Waals surface area (Å²) in [5, 5.41) is 7.19. The Labute approximate surface area is 287 Å². The van der Waals surface area contributed by atoms with E-state index in [2.05, 4.69) is 181 Å². The zero-order valence-electron chi connectivity index (χ0n) is 26.5. The van der Waals surface area contributed by atoms with Crippen LogP contribution in [0.1, 0.15) is 0 Å². The lowest BCUT2D eigenvalue weighted by Gasteiger charge is -2.28. The molecule has 230 valence electrons. The van der Waals surface area contributed by atoms with Crippen LogP contribution < -0.4 is 4.90 Å². The largest absolute Gasteiger partial charge is 0.455 e. The monoisotopic (exact) mass is 643 g/mol. The minimum absolute atomic E-state index is 0.905. The van der Waals surface area contributed by atoms with E-state index >= 15 is 0 Å². The molecular formula is C46H29NOS. The van der Waals surface area contributed by atoms with Crippen LogP contribution in [-0.2, 0) is 0 Å². The van der Waals surface area contributed by atoms with Crippen molar-refractivity contribution in [2.24, 2.45) is 0 Å². The van der Waals surface area contributed by atoms with Crippen LogP contribution in [0, 0.1) is 0 Å². The third kappa shape index (κ3) is 4.55. The second kappa shape index (κ2) is 11.2. The second-order valence-corrected chi connectivity index (χ2v) is 13.6. The average Bonchev–Trinajstić information content (AvgIpc) is 3.75. The molecule has 3 heteroatoms. The number of nitrogens with zero attached hydrogens (tertiary/aromatic N) is 1. The molecule has 2 nitrogen and oxygen atoms in total. The van der Waals surface area contributed by atoms with Gasteiger partial charge in [-0.25, -0.2) is 0 Å². The van der Waals surface area contributed by atoms with Crippen LogP contribution in [-0.4, -0.2) is 0 Å². The van der Waals surface area contributed by atoms with Gasteiger partial charge in [0.1, 0.15) is 11.2 Å². The van der Waals surface area contributed by atoms with E-state index in [9.17, 15) is 0 Å². The maximum Gasteiger partial charge on any atom is 0.143 e. The summed E-state index contributed by atoms with van der Waals surface area (Å²) in [6.45, 7) is 0. The zero-order chi connectivity index (χ0) is 32.3. The van der Waals surface area contributed by atoms with Crippen molar-refractivity contribution in [1.29, 1.82) is 0 Å². The number of anilines is 3.